The average molecular weight is 408 g/mol. The molecule has 4 rings (SSSR count). The highest BCUT2D eigenvalue weighted by atomic mass is 35.5. The van der Waals surface area contributed by atoms with E-state index < -0.39 is 0 Å². The molecular formula is C21H18ClN5O2. The minimum atomic E-state index is -0.117. The maximum Gasteiger partial charge on any atom is 0.262 e. The summed E-state index contributed by atoms with van der Waals surface area (Å²) in [6.45, 7) is 2.34. The van der Waals surface area contributed by atoms with E-state index in [2.05, 4.69) is 20.5 Å². The number of para-hydroxylation sites is 1. The van der Waals surface area contributed by atoms with Gasteiger partial charge in [0.05, 0.1) is 29.7 Å². The molecule has 7 nitrogen and oxygen atoms in total. The molecule has 2 heterocycles. The Labute approximate surface area is 171 Å². The standard InChI is InChI=1S/C21H18ClN5O2/c1-3-27-20(28)16-6-4-5-7-18(16)25-21(27)26-23-12-14-10-13-11-15(29-2)8-9-17(13)24-19(14)22/h4-12H,3H2,1-2H3,(H,25,26)/b23-12-. The first-order valence-electron chi connectivity index (χ1n) is 9.03. The number of hydrogen-bond acceptors (Lipinski definition) is 6. The Morgan fingerprint density at radius 1 is 1.17 bits per heavy atom. The third kappa shape index (κ3) is 3.64. The number of aromatic nitrogens is 3. The summed E-state index contributed by atoms with van der Waals surface area (Å²) < 4.78 is 6.79. The number of pyridine rings is 1. The van der Waals surface area contributed by atoms with Crippen LogP contribution in [-0.4, -0.2) is 27.9 Å². The first-order chi connectivity index (χ1) is 14.1. The maximum absolute atomic E-state index is 12.7. The minimum absolute atomic E-state index is 0.117. The van der Waals surface area contributed by atoms with Crippen molar-refractivity contribution < 1.29 is 4.74 Å². The van der Waals surface area contributed by atoms with E-state index in [4.69, 9.17) is 16.3 Å². The van der Waals surface area contributed by atoms with Crippen LogP contribution in [0.5, 0.6) is 5.75 Å². The van der Waals surface area contributed by atoms with E-state index in [1.807, 2.05) is 43.3 Å². The second-order valence-corrected chi connectivity index (χ2v) is 6.66. The van der Waals surface area contributed by atoms with Gasteiger partial charge >= 0.3 is 0 Å². The fourth-order valence-electron chi connectivity index (χ4n) is 3.07. The number of nitrogens with zero attached hydrogens (tertiary/aromatic N) is 4. The molecule has 0 radical (unpaired) electrons. The van der Waals surface area contributed by atoms with Gasteiger partial charge in [-0.05, 0) is 43.3 Å². The van der Waals surface area contributed by atoms with Crippen LogP contribution in [0.4, 0.5) is 5.95 Å². The summed E-state index contributed by atoms with van der Waals surface area (Å²) in [5, 5.41) is 6.00. The van der Waals surface area contributed by atoms with Gasteiger partial charge in [0.1, 0.15) is 10.9 Å². The molecule has 2 aromatic heterocycles. The third-order valence-electron chi connectivity index (χ3n) is 4.55. The normalized spacial score (nSPS) is 11.4. The van der Waals surface area contributed by atoms with Crippen molar-refractivity contribution in [1.29, 1.82) is 0 Å². The van der Waals surface area contributed by atoms with Crippen LogP contribution in [-0.2, 0) is 6.54 Å². The minimum Gasteiger partial charge on any atom is -0.497 e. The molecule has 0 atom stereocenters. The van der Waals surface area contributed by atoms with Crippen molar-refractivity contribution in [1.82, 2.24) is 14.5 Å². The molecule has 0 amide bonds. The van der Waals surface area contributed by atoms with Crippen LogP contribution in [0.25, 0.3) is 21.8 Å². The smallest absolute Gasteiger partial charge is 0.262 e. The summed E-state index contributed by atoms with van der Waals surface area (Å²) >= 11 is 6.29. The number of ether oxygens (including phenoxy) is 1. The molecule has 2 aromatic carbocycles. The van der Waals surface area contributed by atoms with E-state index in [1.165, 1.54) is 4.57 Å². The lowest BCUT2D eigenvalue weighted by molar-refractivity contribution is 0.415. The summed E-state index contributed by atoms with van der Waals surface area (Å²) in [6, 6.07) is 14.6. The number of benzene rings is 2. The lowest BCUT2D eigenvalue weighted by Crippen LogP contribution is -2.23. The Bertz CT molecular complexity index is 1300. The Hall–Kier alpha value is -3.45. The number of rotatable bonds is 5. The fourth-order valence-corrected chi connectivity index (χ4v) is 3.27. The Kier molecular flexibility index (Phi) is 5.14. The van der Waals surface area contributed by atoms with Crippen LogP contribution in [0.15, 0.2) is 58.4 Å². The van der Waals surface area contributed by atoms with Gasteiger partial charge in [-0.3, -0.25) is 9.36 Å². The van der Waals surface area contributed by atoms with Crippen molar-refractivity contribution in [2.24, 2.45) is 5.10 Å². The van der Waals surface area contributed by atoms with Crippen molar-refractivity contribution in [3.8, 4) is 5.75 Å². The Morgan fingerprint density at radius 3 is 2.79 bits per heavy atom. The zero-order chi connectivity index (χ0) is 20.4. The monoisotopic (exact) mass is 407 g/mol. The van der Waals surface area contributed by atoms with Crippen molar-refractivity contribution in [2.45, 2.75) is 13.5 Å². The Morgan fingerprint density at radius 2 is 2.00 bits per heavy atom. The predicted molar refractivity (Wildman–Crippen MR) is 116 cm³/mol. The van der Waals surface area contributed by atoms with Gasteiger partial charge in [0, 0.05) is 17.5 Å². The van der Waals surface area contributed by atoms with Crippen LogP contribution in [0.1, 0.15) is 12.5 Å². The molecule has 1 N–H and O–H groups in total. The highest BCUT2D eigenvalue weighted by Crippen LogP contribution is 2.23. The van der Waals surface area contributed by atoms with Gasteiger partial charge in [0.2, 0.25) is 5.95 Å². The van der Waals surface area contributed by atoms with Crippen LogP contribution in [0, 0.1) is 0 Å². The van der Waals surface area contributed by atoms with Gasteiger partial charge in [0.15, 0.2) is 0 Å². The van der Waals surface area contributed by atoms with E-state index in [9.17, 15) is 4.79 Å². The number of anilines is 1. The summed E-state index contributed by atoms with van der Waals surface area (Å²) in [7, 11) is 1.61. The molecule has 0 unspecified atom stereocenters. The zero-order valence-electron chi connectivity index (χ0n) is 15.9. The lowest BCUT2D eigenvalue weighted by atomic mass is 10.1. The SMILES string of the molecule is CCn1c(N/N=C\c2cc3cc(OC)ccc3nc2Cl)nc2ccccc2c1=O. The highest BCUT2D eigenvalue weighted by Gasteiger charge is 2.09. The van der Waals surface area contributed by atoms with Crippen LogP contribution >= 0.6 is 11.6 Å². The van der Waals surface area contributed by atoms with Crippen molar-refractivity contribution in [3.63, 3.8) is 0 Å². The zero-order valence-corrected chi connectivity index (χ0v) is 16.6. The van der Waals surface area contributed by atoms with Crippen molar-refractivity contribution in [3.05, 3.63) is 69.6 Å². The number of nitrogens with one attached hydrogen (secondary N) is 1. The lowest BCUT2D eigenvalue weighted by Gasteiger charge is -2.10. The third-order valence-corrected chi connectivity index (χ3v) is 4.85. The molecular weight excluding hydrogens is 390 g/mol. The van der Waals surface area contributed by atoms with Gasteiger partial charge in [-0.1, -0.05) is 23.7 Å². The Balaban J connectivity index is 1.68. The number of halogens is 1. The summed E-state index contributed by atoms with van der Waals surface area (Å²) in [5.41, 5.74) is 4.74. The molecule has 0 saturated carbocycles. The summed E-state index contributed by atoms with van der Waals surface area (Å²) in [4.78, 5) is 21.6. The molecule has 0 spiro atoms. The van der Waals surface area contributed by atoms with Crippen molar-refractivity contribution in [2.75, 3.05) is 12.5 Å². The molecule has 0 aliphatic rings. The molecule has 0 fully saturated rings. The van der Waals surface area contributed by atoms with E-state index in [0.29, 0.717) is 34.1 Å². The molecule has 29 heavy (non-hydrogen) atoms. The summed E-state index contributed by atoms with van der Waals surface area (Å²) in [5.74, 6) is 1.09. The largest absolute Gasteiger partial charge is 0.497 e. The number of hydrazone groups is 1. The van der Waals surface area contributed by atoms with E-state index >= 15 is 0 Å². The van der Waals surface area contributed by atoms with E-state index in [1.54, 1.807) is 25.5 Å². The first kappa shape index (κ1) is 18.9. The molecule has 0 saturated heterocycles. The first-order valence-corrected chi connectivity index (χ1v) is 9.41. The van der Waals surface area contributed by atoms with E-state index in [0.717, 1.165) is 16.7 Å². The topological polar surface area (TPSA) is 81.4 Å². The highest BCUT2D eigenvalue weighted by molar-refractivity contribution is 6.32. The molecule has 0 aliphatic carbocycles. The van der Waals surface area contributed by atoms with Crippen LogP contribution < -0.4 is 15.7 Å². The second-order valence-electron chi connectivity index (χ2n) is 6.30. The van der Waals surface area contributed by atoms with Gasteiger partial charge in [-0.2, -0.15) is 5.10 Å². The molecule has 146 valence electrons. The van der Waals surface area contributed by atoms with Gasteiger partial charge in [-0.15, -0.1) is 0 Å². The van der Waals surface area contributed by atoms with Crippen LogP contribution in [0.3, 0.4) is 0 Å². The van der Waals surface area contributed by atoms with Crippen LogP contribution in [0.2, 0.25) is 5.15 Å². The van der Waals surface area contributed by atoms with E-state index in [-0.39, 0.29) is 5.56 Å². The molecule has 8 heteroatoms. The maximum atomic E-state index is 12.7. The quantitative estimate of drug-likeness (QED) is 0.306. The van der Waals surface area contributed by atoms with Gasteiger partial charge in [0.25, 0.3) is 5.56 Å². The number of hydrogen-bond donors (Lipinski definition) is 1. The second kappa shape index (κ2) is 7.89. The molecule has 0 bridgehead atoms. The number of methoxy groups -OCH3 is 1. The van der Waals surface area contributed by atoms with Gasteiger partial charge in [-0.25, -0.2) is 15.4 Å². The molecule has 4 aromatic rings. The number of fused-ring (bicyclic) bond motifs is 2. The fraction of sp³-hybridized carbons (Fsp3) is 0.143. The van der Waals surface area contributed by atoms with Gasteiger partial charge < -0.3 is 4.74 Å². The average Bonchev–Trinajstić information content (AvgIpc) is 2.74. The predicted octanol–water partition coefficient (Wildman–Crippen LogP) is 4.07. The molecule has 0 aliphatic heterocycles. The summed E-state index contributed by atoms with van der Waals surface area (Å²) in [6.07, 6.45) is 1.55. The van der Waals surface area contributed by atoms with Crippen molar-refractivity contribution >= 4 is 45.6 Å².